The molecule has 8 heteroatoms. The van der Waals surface area contributed by atoms with Crippen molar-refractivity contribution < 1.29 is 22.8 Å². The molecule has 0 saturated carbocycles. The van der Waals surface area contributed by atoms with Crippen LogP contribution in [0.3, 0.4) is 0 Å². The molecule has 0 bridgehead atoms. The second kappa shape index (κ2) is 8.43. The SMILES string of the molecule is CCN(CC)C(=O)c1ccc(NC(=O)c2cccc(C(F)(F)F)c2)cc1Cl. The van der Waals surface area contributed by atoms with Gasteiger partial charge in [-0.25, -0.2) is 0 Å². The predicted molar refractivity (Wildman–Crippen MR) is 98.1 cm³/mol. The minimum Gasteiger partial charge on any atom is -0.339 e. The van der Waals surface area contributed by atoms with Crippen molar-refractivity contribution in [3.05, 3.63) is 64.2 Å². The molecule has 0 unspecified atom stereocenters. The summed E-state index contributed by atoms with van der Waals surface area (Å²) < 4.78 is 38.3. The summed E-state index contributed by atoms with van der Waals surface area (Å²) in [5.74, 6) is -0.944. The van der Waals surface area contributed by atoms with Gasteiger partial charge in [-0.3, -0.25) is 9.59 Å². The first-order valence-electron chi connectivity index (χ1n) is 8.24. The number of rotatable bonds is 5. The van der Waals surface area contributed by atoms with E-state index in [-0.39, 0.29) is 27.7 Å². The molecule has 0 aliphatic carbocycles. The fourth-order valence-corrected chi connectivity index (χ4v) is 2.75. The van der Waals surface area contributed by atoms with Gasteiger partial charge < -0.3 is 10.2 Å². The molecule has 0 spiro atoms. The lowest BCUT2D eigenvalue weighted by Gasteiger charge is -2.19. The van der Waals surface area contributed by atoms with Crippen LogP contribution in [0, 0.1) is 0 Å². The molecule has 2 aromatic carbocycles. The van der Waals surface area contributed by atoms with Crippen molar-refractivity contribution in [1.29, 1.82) is 0 Å². The number of hydrogen-bond acceptors (Lipinski definition) is 2. The Morgan fingerprint density at radius 2 is 1.74 bits per heavy atom. The quantitative estimate of drug-likeness (QED) is 0.762. The van der Waals surface area contributed by atoms with Crippen LogP contribution in [0.4, 0.5) is 18.9 Å². The molecule has 0 heterocycles. The number of nitrogens with zero attached hydrogens (tertiary/aromatic N) is 1. The second-order valence-electron chi connectivity index (χ2n) is 5.70. The zero-order chi connectivity index (χ0) is 20.2. The van der Waals surface area contributed by atoms with Crippen molar-refractivity contribution in [2.24, 2.45) is 0 Å². The zero-order valence-corrected chi connectivity index (χ0v) is 15.5. The fraction of sp³-hybridized carbons (Fsp3) is 0.263. The second-order valence-corrected chi connectivity index (χ2v) is 6.11. The Kier molecular flexibility index (Phi) is 6.49. The number of alkyl halides is 3. The lowest BCUT2D eigenvalue weighted by molar-refractivity contribution is -0.137. The Hall–Kier alpha value is -2.54. The molecular formula is C19H18ClF3N2O2. The maximum atomic E-state index is 12.8. The Bertz CT molecular complexity index is 849. The number of benzene rings is 2. The summed E-state index contributed by atoms with van der Waals surface area (Å²) in [5.41, 5.74) is -0.478. The summed E-state index contributed by atoms with van der Waals surface area (Å²) in [5, 5.41) is 2.63. The summed E-state index contributed by atoms with van der Waals surface area (Å²) in [6, 6.07) is 8.46. The van der Waals surface area contributed by atoms with Gasteiger partial charge >= 0.3 is 6.18 Å². The minimum atomic E-state index is -4.54. The summed E-state index contributed by atoms with van der Waals surface area (Å²) in [7, 11) is 0. The summed E-state index contributed by atoms with van der Waals surface area (Å²) in [4.78, 5) is 26.2. The molecular weight excluding hydrogens is 381 g/mol. The highest BCUT2D eigenvalue weighted by Gasteiger charge is 2.30. The van der Waals surface area contributed by atoms with E-state index in [1.807, 2.05) is 13.8 Å². The summed E-state index contributed by atoms with van der Waals surface area (Å²) in [6.45, 7) is 4.75. The van der Waals surface area contributed by atoms with Gasteiger partial charge in [0.2, 0.25) is 0 Å². The van der Waals surface area contributed by atoms with Gasteiger partial charge in [0.05, 0.1) is 16.1 Å². The molecule has 0 aromatic heterocycles. The molecule has 27 heavy (non-hydrogen) atoms. The van der Waals surface area contributed by atoms with Crippen LogP contribution in [-0.4, -0.2) is 29.8 Å². The van der Waals surface area contributed by atoms with Gasteiger partial charge in [0, 0.05) is 24.3 Å². The number of nitrogens with one attached hydrogen (secondary N) is 1. The van der Waals surface area contributed by atoms with Crippen LogP contribution in [0.25, 0.3) is 0 Å². The highest BCUT2D eigenvalue weighted by molar-refractivity contribution is 6.34. The van der Waals surface area contributed by atoms with E-state index in [2.05, 4.69) is 5.32 Å². The van der Waals surface area contributed by atoms with Crippen LogP contribution < -0.4 is 5.32 Å². The van der Waals surface area contributed by atoms with E-state index < -0.39 is 17.6 Å². The van der Waals surface area contributed by atoms with E-state index in [4.69, 9.17) is 11.6 Å². The van der Waals surface area contributed by atoms with E-state index in [1.165, 1.54) is 24.3 Å². The van der Waals surface area contributed by atoms with Crippen LogP contribution in [-0.2, 0) is 6.18 Å². The van der Waals surface area contributed by atoms with E-state index in [0.29, 0.717) is 13.1 Å². The number of carbonyl (C=O) groups is 2. The first kappa shape index (κ1) is 20.8. The molecule has 0 radical (unpaired) electrons. The molecule has 0 aliphatic rings. The third-order valence-electron chi connectivity index (χ3n) is 3.96. The summed E-state index contributed by atoms with van der Waals surface area (Å²) >= 11 is 6.15. The first-order valence-corrected chi connectivity index (χ1v) is 8.62. The maximum absolute atomic E-state index is 12.8. The predicted octanol–water partition coefficient (Wildman–Crippen LogP) is 5.09. The number of hydrogen-bond donors (Lipinski definition) is 1. The Labute approximate surface area is 159 Å². The molecule has 0 atom stereocenters. The first-order chi connectivity index (χ1) is 12.7. The van der Waals surface area contributed by atoms with Crippen molar-refractivity contribution in [2.45, 2.75) is 20.0 Å². The molecule has 0 saturated heterocycles. The average Bonchev–Trinajstić information content (AvgIpc) is 2.62. The number of halogens is 4. The van der Waals surface area contributed by atoms with Crippen LogP contribution in [0.15, 0.2) is 42.5 Å². The van der Waals surface area contributed by atoms with Crippen molar-refractivity contribution in [3.63, 3.8) is 0 Å². The highest BCUT2D eigenvalue weighted by atomic mass is 35.5. The third-order valence-corrected chi connectivity index (χ3v) is 4.27. The van der Waals surface area contributed by atoms with E-state index in [1.54, 1.807) is 4.90 Å². The largest absolute Gasteiger partial charge is 0.416 e. The van der Waals surface area contributed by atoms with Crippen LogP contribution in [0.1, 0.15) is 40.1 Å². The molecule has 0 aliphatic heterocycles. The maximum Gasteiger partial charge on any atom is 0.416 e. The Morgan fingerprint density at radius 1 is 1.07 bits per heavy atom. The van der Waals surface area contributed by atoms with Gasteiger partial charge in [0.25, 0.3) is 11.8 Å². The topological polar surface area (TPSA) is 49.4 Å². The smallest absolute Gasteiger partial charge is 0.339 e. The Morgan fingerprint density at radius 3 is 2.30 bits per heavy atom. The van der Waals surface area contributed by atoms with E-state index in [0.717, 1.165) is 18.2 Å². The van der Waals surface area contributed by atoms with Crippen LogP contribution in [0.5, 0.6) is 0 Å². The van der Waals surface area contributed by atoms with Crippen molar-refractivity contribution >= 4 is 29.1 Å². The van der Waals surface area contributed by atoms with Gasteiger partial charge in [0.15, 0.2) is 0 Å². The number of carbonyl (C=O) groups excluding carboxylic acids is 2. The minimum absolute atomic E-state index is 0.135. The van der Waals surface area contributed by atoms with E-state index >= 15 is 0 Å². The molecule has 1 N–H and O–H groups in total. The molecule has 144 valence electrons. The molecule has 4 nitrogen and oxygen atoms in total. The van der Waals surface area contributed by atoms with Crippen molar-refractivity contribution in [1.82, 2.24) is 4.90 Å². The Balaban J connectivity index is 2.20. The molecule has 2 rings (SSSR count). The van der Waals surface area contributed by atoms with Crippen molar-refractivity contribution in [3.8, 4) is 0 Å². The van der Waals surface area contributed by atoms with Gasteiger partial charge in [-0.15, -0.1) is 0 Å². The molecule has 2 aromatic rings. The van der Waals surface area contributed by atoms with Gasteiger partial charge in [0.1, 0.15) is 0 Å². The van der Waals surface area contributed by atoms with Gasteiger partial charge in [-0.1, -0.05) is 17.7 Å². The average molecular weight is 399 g/mol. The highest BCUT2D eigenvalue weighted by Crippen LogP contribution is 2.30. The van der Waals surface area contributed by atoms with Gasteiger partial charge in [-0.05, 0) is 50.2 Å². The standard InChI is InChI=1S/C19H18ClF3N2O2/c1-3-25(4-2)18(27)15-9-8-14(11-16(15)20)24-17(26)12-6-5-7-13(10-12)19(21,22)23/h5-11H,3-4H2,1-2H3,(H,24,26). The van der Waals surface area contributed by atoms with Crippen molar-refractivity contribution in [2.75, 3.05) is 18.4 Å². The van der Waals surface area contributed by atoms with Crippen LogP contribution in [0.2, 0.25) is 5.02 Å². The van der Waals surface area contributed by atoms with E-state index in [9.17, 15) is 22.8 Å². The third kappa shape index (κ3) is 5.01. The molecule has 2 amide bonds. The molecule has 0 fully saturated rings. The lowest BCUT2D eigenvalue weighted by Crippen LogP contribution is -2.30. The summed E-state index contributed by atoms with van der Waals surface area (Å²) in [6.07, 6.45) is -4.54. The fourth-order valence-electron chi connectivity index (χ4n) is 2.49. The monoisotopic (exact) mass is 398 g/mol. The number of amides is 2. The number of anilines is 1. The zero-order valence-electron chi connectivity index (χ0n) is 14.7. The van der Waals surface area contributed by atoms with Crippen LogP contribution >= 0.6 is 11.6 Å². The normalized spacial score (nSPS) is 11.2. The lowest BCUT2D eigenvalue weighted by atomic mass is 10.1. The van der Waals surface area contributed by atoms with Gasteiger partial charge in [-0.2, -0.15) is 13.2 Å².